The number of benzene rings is 1. The van der Waals surface area contributed by atoms with Gasteiger partial charge < -0.3 is 9.84 Å². The van der Waals surface area contributed by atoms with Crippen LogP contribution >= 0.6 is 0 Å². The predicted octanol–water partition coefficient (Wildman–Crippen LogP) is 5.88. The van der Waals surface area contributed by atoms with Crippen LogP contribution in [0.3, 0.4) is 0 Å². The first-order valence-corrected chi connectivity index (χ1v) is 10.9. The number of carbonyl (C=O) groups excluding carboxylic acids is 1. The van der Waals surface area contributed by atoms with Gasteiger partial charge in [-0.2, -0.15) is 0 Å². The maximum Gasteiger partial charge on any atom is 0.338 e. The highest BCUT2D eigenvalue weighted by Crippen LogP contribution is 2.52. The molecule has 2 aliphatic carbocycles. The molecule has 0 fully saturated rings. The monoisotopic (exact) mass is 384 g/mol. The lowest BCUT2D eigenvalue weighted by molar-refractivity contribution is 0.0378. The van der Waals surface area contributed by atoms with Gasteiger partial charge in [0.15, 0.2) is 0 Å². The van der Waals surface area contributed by atoms with Crippen LogP contribution in [-0.4, -0.2) is 23.8 Å². The van der Waals surface area contributed by atoms with Crippen LogP contribution in [0.5, 0.6) is 0 Å². The van der Waals surface area contributed by atoms with Crippen molar-refractivity contribution in [2.75, 3.05) is 6.61 Å². The Hall–Kier alpha value is -1.61. The van der Waals surface area contributed by atoms with Gasteiger partial charge >= 0.3 is 5.97 Å². The Balaban J connectivity index is 1.78. The Morgan fingerprint density at radius 1 is 1.21 bits per heavy atom. The molecule has 0 bridgehead atoms. The van der Waals surface area contributed by atoms with Crippen molar-refractivity contribution in [3.63, 3.8) is 0 Å². The van der Waals surface area contributed by atoms with Gasteiger partial charge in [0.05, 0.1) is 18.3 Å². The maximum absolute atomic E-state index is 12.1. The summed E-state index contributed by atoms with van der Waals surface area (Å²) in [5.41, 5.74) is 5.32. The Bertz CT molecular complexity index is 727. The molecule has 0 aromatic heterocycles. The summed E-state index contributed by atoms with van der Waals surface area (Å²) < 4.78 is 5.28. The molecular formula is C25H36O3. The van der Waals surface area contributed by atoms with Crippen LogP contribution in [0.2, 0.25) is 0 Å². The predicted molar refractivity (Wildman–Crippen MR) is 113 cm³/mol. The molecule has 3 nitrogen and oxygen atoms in total. The summed E-state index contributed by atoms with van der Waals surface area (Å²) >= 11 is 0. The number of ether oxygens (including phenoxy) is 1. The quantitative estimate of drug-likeness (QED) is 0.509. The minimum absolute atomic E-state index is 0.122. The Morgan fingerprint density at radius 3 is 2.50 bits per heavy atom. The first kappa shape index (κ1) is 21.1. The van der Waals surface area contributed by atoms with Crippen LogP contribution in [0.4, 0.5) is 0 Å². The molecule has 28 heavy (non-hydrogen) atoms. The van der Waals surface area contributed by atoms with Gasteiger partial charge in [-0.15, -0.1) is 0 Å². The normalized spacial score (nSPS) is 25.4. The largest absolute Gasteiger partial charge is 0.459 e. The van der Waals surface area contributed by atoms with Crippen LogP contribution in [0.1, 0.15) is 88.6 Å². The van der Waals surface area contributed by atoms with Crippen LogP contribution in [0, 0.1) is 17.3 Å². The highest BCUT2D eigenvalue weighted by Gasteiger charge is 2.38. The number of rotatable bonds is 5. The van der Waals surface area contributed by atoms with Crippen molar-refractivity contribution in [1.29, 1.82) is 0 Å². The molecule has 1 aromatic rings. The van der Waals surface area contributed by atoms with E-state index >= 15 is 0 Å². The molecule has 0 amide bonds. The summed E-state index contributed by atoms with van der Waals surface area (Å²) in [6, 6.07) is 7.67. The highest BCUT2D eigenvalue weighted by molar-refractivity contribution is 5.89. The van der Waals surface area contributed by atoms with Crippen LogP contribution in [-0.2, 0) is 4.74 Å². The van der Waals surface area contributed by atoms with Gasteiger partial charge in [0.1, 0.15) is 0 Å². The number of aliphatic hydroxyl groups excluding tert-OH is 1. The average Bonchev–Trinajstić information content (AvgIpc) is 2.66. The molecule has 0 saturated heterocycles. The van der Waals surface area contributed by atoms with Gasteiger partial charge in [0, 0.05) is 5.92 Å². The van der Waals surface area contributed by atoms with Crippen molar-refractivity contribution in [3.8, 4) is 0 Å². The Morgan fingerprint density at radius 2 is 1.89 bits per heavy atom. The lowest BCUT2D eigenvalue weighted by Crippen LogP contribution is -2.31. The zero-order valence-corrected chi connectivity index (χ0v) is 18.1. The average molecular weight is 385 g/mol. The Kier molecular flexibility index (Phi) is 6.34. The van der Waals surface area contributed by atoms with E-state index in [2.05, 4.69) is 20.8 Å². The van der Waals surface area contributed by atoms with E-state index < -0.39 is 0 Å². The molecule has 0 heterocycles. The number of hydrogen-bond acceptors (Lipinski definition) is 3. The van der Waals surface area contributed by atoms with Crippen molar-refractivity contribution < 1.29 is 14.6 Å². The molecule has 1 N–H and O–H groups in total. The van der Waals surface area contributed by atoms with E-state index in [1.807, 2.05) is 38.1 Å². The van der Waals surface area contributed by atoms with E-state index in [1.165, 1.54) is 19.3 Å². The summed E-state index contributed by atoms with van der Waals surface area (Å²) in [5.74, 6) is 1.01. The fourth-order valence-corrected chi connectivity index (χ4v) is 5.16. The number of carbonyl (C=O) groups is 1. The third kappa shape index (κ3) is 4.35. The third-order valence-corrected chi connectivity index (χ3v) is 6.94. The summed E-state index contributed by atoms with van der Waals surface area (Å²) in [6.07, 6.45) is 5.84. The van der Waals surface area contributed by atoms with E-state index in [1.54, 1.807) is 11.1 Å². The fourth-order valence-electron chi connectivity index (χ4n) is 5.16. The SMILES string of the molecule is CC(C)OC(=O)c1ccc(C(CO)C2CCC3=C(C2)C(C)(C)CCC3C)cc1. The number of hydrogen-bond donors (Lipinski definition) is 1. The molecule has 0 saturated carbocycles. The molecular weight excluding hydrogens is 348 g/mol. The van der Waals surface area contributed by atoms with E-state index in [0.29, 0.717) is 17.4 Å². The van der Waals surface area contributed by atoms with Gasteiger partial charge in [0.25, 0.3) is 0 Å². The molecule has 1 aromatic carbocycles. The molecule has 3 rings (SSSR count). The molecule has 3 atom stereocenters. The number of allylic oxidation sites excluding steroid dienone is 2. The smallest absolute Gasteiger partial charge is 0.338 e. The molecule has 154 valence electrons. The first-order chi connectivity index (χ1) is 13.2. The van der Waals surface area contributed by atoms with Crippen molar-refractivity contribution in [2.45, 2.75) is 78.7 Å². The summed E-state index contributed by atoms with van der Waals surface area (Å²) in [4.78, 5) is 12.1. The second-order valence-electron chi connectivity index (χ2n) is 9.70. The second-order valence-corrected chi connectivity index (χ2v) is 9.70. The summed E-state index contributed by atoms with van der Waals surface area (Å²) in [5, 5.41) is 10.2. The van der Waals surface area contributed by atoms with E-state index in [4.69, 9.17) is 4.74 Å². The molecule has 2 aliphatic rings. The summed E-state index contributed by atoms with van der Waals surface area (Å²) in [6.45, 7) is 11.0. The molecule has 3 heteroatoms. The second kappa shape index (κ2) is 8.41. The topological polar surface area (TPSA) is 46.5 Å². The highest BCUT2D eigenvalue weighted by atomic mass is 16.5. The van der Waals surface area contributed by atoms with Gasteiger partial charge in [-0.3, -0.25) is 0 Å². The zero-order valence-electron chi connectivity index (χ0n) is 18.1. The van der Waals surface area contributed by atoms with Crippen molar-refractivity contribution in [1.82, 2.24) is 0 Å². The van der Waals surface area contributed by atoms with Crippen LogP contribution in [0.25, 0.3) is 0 Å². The van der Waals surface area contributed by atoms with Gasteiger partial charge in [-0.05, 0) is 80.9 Å². The lowest BCUT2D eigenvalue weighted by atomic mass is 9.61. The number of aliphatic hydroxyl groups is 1. The molecule has 3 unspecified atom stereocenters. The van der Waals surface area contributed by atoms with Crippen molar-refractivity contribution in [3.05, 3.63) is 46.5 Å². The van der Waals surface area contributed by atoms with Gasteiger partial charge in [-0.25, -0.2) is 4.79 Å². The van der Waals surface area contributed by atoms with Crippen LogP contribution in [0.15, 0.2) is 35.4 Å². The first-order valence-electron chi connectivity index (χ1n) is 10.9. The minimum Gasteiger partial charge on any atom is -0.459 e. The fraction of sp³-hybridized carbons (Fsp3) is 0.640. The minimum atomic E-state index is -0.285. The standard InChI is InChI=1S/C25H36O3/c1-16(2)28-24(27)19-8-6-18(7-9-19)22(15-26)20-10-11-21-17(3)12-13-25(4,5)23(21)14-20/h6-9,16-17,20,22,26H,10-15H2,1-5H3. The maximum atomic E-state index is 12.1. The molecule has 0 spiro atoms. The van der Waals surface area contributed by atoms with Gasteiger partial charge in [-0.1, -0.05) is 44.1 Å². The van der Waals surface area contributed by atoms with Gasteiger partial charge in [0.2, 0.25) is 0 Å². The molecule has 0 aliphatic heterocycles. The third-order valence-electron chi connectivity index (χ3n) is 6.94. The zero-order chi connectivity index (χ0) is 20.5. The summed E-state index contributed by atoms with van der Waals surface area (Å²) in [7, 11) is 0. The molecule has 0 radical (unpaired) electrons. The van der Waals surface area contributed by atoms with E-state index in [0.717, 1.165) is 18.4 Å². The van der Waals surface area contributed by atoms with E-state index in [-0.39, 0.29) is 30.0 Å². The van der Waals surface area contributed by atoms with E-state index in [9.17, 15) is 9.90 Å². The van der Waals surface area contributed by atoms with Crippen LogP contribution < -0.4 is 0 Å². The van der Waals surface area contributed by atoms with Crippen molar-refractivity contribution >= 4 is 5.97 Å². The number of esters is 1. The lowest BCUT2D eigenvalue weighted by Gasteiger charge is -2.44. The van der Waals surface area contributed by atoms with Crippen molar-refractivity contribution in [2.24, 2.45) is 17.3 Å². The Labute approximate surface area is 170 Å².